The van der Waals surface area contributed by atoms with Crippen molar-refractivity contribution >= 4 is 40.9 Å². The Morgan fingerprint density at radius 2 is 1.97 bits per heavy atom. The number of hydrogen-bond acceptors (Lipinski definition) is 6. The van der Waals surface area contributed by atoms with E-state index in [2.05, 4.69) is 9.97 Å². The third kappa shape index (κ3) is 3.19. The summed E-state index contributed by atoms with van der Waals surface area (Å²) in [7, 11) is -1.72. The van der Waals surface area contributed by atoms with Crippen molar-refractivity contribution in [3.8, 4) is 11.3 Å². The lowest BCUT2D eigenvalue weighted by atomic mass is 9.78. The highest BCUT2D eigenvalue weighted by molar-refractivity contribution is 6.62. The highest BCUT2D eigenvalue weighted by Gasteiger charge is 2.35. The summed E-state index contributed by atoms with van der Waals surface area (Å²) in [6, 6.07) is 6.27. The molecule has 10 heteroatoms. The number of rotatable bonds is 2. The Labute approximate surface area is 183 Å². The average molecular weight is 434 g/mol. The van der Waals surface area contributed by atoms with Gasteiger partial charge in [0.15, 0.2) is 0 Å². The van der Waals surface area contributed by atoms with Crippen molar-refractivity contribution in [3.05, 3.63) is 54.2 Å². The minimum absolute atomic E-state index is 0.184. The van der Waals surface area contributed by atoms with Crippen LogP contribution < -0.4 is 10.4 Å². The van der Waals surface area contributed by atoms with Gasteiger partial charge in [0.25, 0.3) is 0 Å². The summed E-state index contributed by atoms with van der Waals surface area (Å²) in [6.07, 6.45) is 4.04. The number of aromatic nitrogens is 3. The van der Waals surface area contributed by atoms with Gasteiger partial charge in [-0.3, -0.25) is 9.30 Å². The predicted molar refractivity (Wildman–Crippen MR) is 118 cm³/mol. The van der Waals surface area contributed by atoms with Crippen LogP contribution in [0.4, 0.5) is 15.0 Å². The summed E-state index contributed by atoms with van der Waals surface area (Å²) in [5.74, 6) is -0.00257. The Morgan fingerprint density at radius 3 is 2.69 bits per heavy atom. The standard InChI is InChI=1S/C22H20BFN4O4/c1-22(2,3)32-21(29)28-11-15-13(17-10-25-18-8-12(24)6-7-27(17)18)4-5-14-16(23(30)31)9-26-20(28)19(14)15/h4-10,30-31H,11H2,1-3H3. The van der Waals surface area contributed by atoms with Crippen LogP contribution in [0.3, 0.4) is 0 Å². The van der Waals surface area contributed by atoms with E-state index in [9.17, 15) is 19.2 Å². The first-order valence-electron chi connectivity index (χ1n) is 10.1. The fraction of sp³-hybridized carbons (Fsp3) is 0.227. The molecule has 0 aliphatic carbocycles. The Kier molecular flexibility index (Phi) is 4.47. The second-order valence-corrected chi connectivity index (χ2v) is 8.71. The molecular weight excluding hydrogens is 414 g/mol. The van der Waals surface area contributed by atoms with Crippen molar-refractivity contribution in [2.24, 2.45) is 0 Å². The lowest BCUT2D eigenvalue weighted by molar-refractivity contribution is 0.0578. The van der Waals surface area contributed by atoms with Crippen LogP contribution in [-0.4, -0.2) is 43.2 Å². The highest BCUT2D eigenvalue weighted by Crippen LogP contribution is 2.41. The molecule has 162 valence electrons. The van der Waals surface area contributed by atoms with E-state index in [0.717, 1.165) is 11.1 Å². The fourth-order valence-electron chi connectivity index (χ4n) is 4.08. The number of fused-ring (bicyclic) bond motifs is 1. The quantitative estimate of drug-likeness (QED) is 0.471. The second-order valence-electron chi connectivity index (χ2n) is 8.71. The van der Waals surface area contributed by atoms with Crippen LogP contribution in [-0.2, 0) is 11.3 Å². The molecule has 1 aliphatic heterocycles. The minimum atomic E-state index is -1.72. The maximum absolute atomic E-state index is 13.6. The molecule has 0 radical (unpaired) electrons. The van der Waals surface area contributed by atoms with E-state index < -0.39 is 18.8 Å². The number of imidazole rings is 1. The van der Waals surface area contributed by atoms with E-state index in [1.165, 1.54) is 23.2 Å². The minimum Gasteiger partial charge on any atom is -0.443 e. The van der Waals surface area contributed by atoms with E-state index >= 15 is 0 Å². The molecular formula is C22H20BFN4O4. The molecule has 4 heterocycles. The Balaban J connectivity index is 1.73. The molecule has 0 unspecified atom stereocenters. The molecule has 5 rings (SSSR count). The number of benzene rings is 1. The van der Waals surface area contributed by atoms with Crippen molar-refractivity contribution in [2.45, 2.75) is 32.9 Å². The normalized spacial score (nSPS) is 13.2. The van der Waals surface area contributed by atoms with Crippen LogP contribution in [0.2, 0.25) is 0 Å². The average Bonchev–Trinajstić information content (AvgIpc) is 3.30. The van der Waals surface area contributed by atoms with Gasteiger partial charge in [0, 0.05) is 34.9 Å². The predicted octanol–water partition coefficient (Wildman–Crippen LogP) is 2.62. The Bertz CT molecular complexity index is 1400. The van der Waals surface area contributed by atoms with Gasteiger partial charge in [-0.25, -0.2) is 19.2 Å². The largest absolute Gasteiger partial charge is 0.490 e. The molecule has 0 saturated carbocycles. The van der Waals surface area contributed by atoms with E-state index in [4.69, 9.17) is 4.74 Å². The molecule has 0 atom stereocenters. The van der Waals surface area contributed by atoms with E-state index in [0.29, 0.717) is 27.9 Å². The van der Waals surface area contributed by atoms with Gasteiger partial charge in [-0.15, -0.1) is 0 Å². The number of ether oxygens (including phenoxy) is 1. The first-order chi connectivity index (χ1) is 15.1. The summed E-state index contributed by atoms with van der Waals surface area (Å²) >= 11 is 0. The Hall–Kier alpha value is -3.50. The number of nitrogens with zero attached hydrogens (tertiary/aromatic N) is 4. The summed E-state index contributed by atoms with van der Waals surface area (Å²) in [4.78, 5) is 23.0. The molecule has 32 heavy (non-hydrogen) atoms. The number of pyridine rings is 2. The van der Waals surface area contributed by atoms with Gasteiger partial charge in [-0.05, 0) is 37.8 Å². The monoisotopic (exact) mass is 434 g/mol. The Morgan fingerprint density at radius 1 is 1.19 bits per heavy atom. The lowest BCUT2D eigenvalue weighted by Crippen LogP contribution is -2.35. The molecule has 0 saturated heterocycles. The zero-order chi connectivity index (χ0) is 22.8. The van der Waals surface area contributed by atoms with Crippen molar-refractivity contribution in [1.29, 1.82) is 0 Å². The molecule has 2 N–H and O–H groups in total. The molecule has 1 amide bonds. The molecule has 0 spiro atoms. The van der Waals surface area contributed by atoms with Crippen LogP contribution in [0.1, 0.15) is 26.3 Å². The summed E-state index contributed by atoms with van der Waals surface area (Å²) in [5, 5.41) is 20.9. The summed E-state index contributed by atoms with van der Waals surface area (Å²) in [5.41, 5.74) is 2.25. The molecule has 1 aromatic carbocycles. The summed E-state index contributed by atoms with van der Waals surface area (Å²) in [6.45, 7) is 5.53. The van der Waals surface area contributed by atoms with Crippen LogP contribution >= 0.6 is 0 Å². The molecule has 0 fully saturated rings. The van der Waals surface area contributed by atoms with Crippen molar-refractivity contribution in [1.82, 2.24) is 14.4 Å². The first kappa shape index (κ1) is 20.4. The smallest absolute Gasteiger partial charge is 0.443 e. The molecule has 4 aromatic rings. The number of anilines is 1. The van der Waals surface area contributed by atoms with Crippen LogP contribution in [0.15, 0.2) is 42.9 Å². The fourth-order valence-corrected chi connectivity index (χ4v) is 4.08. The molecule has 8 nitrogen and oxygen atoms in total. The number of carbonyl (C=O) groups is 1. The van der Waals surface area contributed by atoms with E-state index in [1.807, 2.05) is 6.07 Å². The van der Waals surface area contributed by atoms with Crippen LogP contribution in [0, 0.1) is 5.82 Å². The third-order valence-corrected chi connectivity index (χ3v) is 5.39. The number of hydrogen-bond donors (Lipinski definition) is 2. The van der Waals surface area contributed by atoms with Crippen molar-refractivity contribution in [2.75, 3.05) is 4.90 Å². The van der Waals surface area contributed by atoms with Gasteiger partial charge in [-0.2, -0.15) is 0 Å². The first-order valence-corrected chi connectivity index (χ1v) is 10.1. The van der Waals surface area contributed by atoms with E-state index in [-0.39, 0.29) is 17.8 Å². The zero-order valence-electron chi connectivity index (χ0n) is 17.7. The zero-order valence-corrected chi connectivity index (χ0v) is 17.7. The van der Waals surface area contributed by atoms with Gasteiger partial charge >= 0.3 is 13.2 Å². The van der Waals surface area contributed by atoms with Gasteiger partial charge in [-0.1, -0.05) is 12.1 Å². The van der Waals surface area contributed by atoms with Crippen molar-refractivity contribution in [3.63, 3.8) is 0 Å². The van der Waals surface area contributed by atoms with Gasteiger partial charge in [0.2, 0.25) is 0 Å². The number of halogens is 1. The number of carbonyl (C=O) groups excluding carboxylic acids is 1. The third-order valence-electron chi connectivity index (χ3n) is 5.39. The summed E-state index contributed by atoms with van der Waals surface area (Å²) < 4.78 is 21.0. The second kappa shape index (κ2) is 7.01. The topological polar surface area (TPSA) is 100 Å². The van der Waals surface area contributed by atoms with Crippen LogP contribution in [0.5, 0.6) is 0 Å². The highest BCUT2D eigenvalue weighted by atomic mass is 19.1. The van der Waals surface area contributed by atoms with Gasteiger partial charge in [0.1, 0.15) is 22.9 Å². The SMILES string of the molecule is CC(C)(C)OC(=O)N1Cc2c(-c3cnc4cc(F)ccn34)ccc3c(B(O)O)cnc1c23. The maximum Gasteiger partial charge on any atom is 0.490 e. The van der Waals surface area contributed by atoms with Gasteiger partial charge < -0.3 is 14.8 Å². The maximum atomic E-state index is 13.6. The lowest BCUT2D eigenvalue weighted by Gasteiger charge is -2.24. The number of amides is 1. The van der Waals surface area contributed by atoms with Crippen molar-refractivity contribution < 1.29 is 24.0 Å². The van der Waals surface area contributed by atoms with E-state index in [1.54, 1.807) is 43.6 Å². The molecule has 3 aromatic heterocycles. The molecule has 1 aliphatic rings. The van der Waals surface area contributed by atoms with Crippen LogP contribution in [0.25, 0.3) is 27.7 Å². The molecule has 0 bridgehead atoms. The van der Waals surface area contributed by atoms with Gasteiger partial charge in [0.05, 0.1) is 18.4 Å².